The molecule has 0 saturated heterocycles. The van der Waals surface area contributed by atoms with Crippen molar-refractivity contribution in [2.45, 2.75) is 25.7 Å². The van der Waals surface area contributed by atoms with Gasteiger partial charge in [-0.25, -0.2) is 9.67 Å². The highest BCUT2D eigenvalue weighted by atomic mass is 16.5. The van der Waals surface area contributed by atoms with E-state index < -0.39 is 0 Å². The fourth-order valence-electron chi connectivity index (χ4n) is 2.41. The molecule has 0 atom stereocenters. The van der Waals surface area contributed by atoms with Crippen molar-refractivity contribution in [2.75, 3.05) is 6.61 Å². The molecule has 0 spiro atoms. The van der Waals surface area contributed by atoms with Crippen molar-refractivity contribution in [3.05, 3.63) is 40.4 Å². The van der Waals surface area contributed by atoms with Gasteiger partial charge in [-0.1, -0.05) is 6.07 Å². The van der Waals surface area contributed by atoms with Crippen LogP contribution >= 0.6 is 0 Å². The summed E-state index contributed by atoms with van der Waals surface area (Å²) >= 11 is 0. The summed E-state index contributed by atoms with van der Waals surface area (Å²) in [4.78, 5) is 23.2. The van der Waals surface area contributed by atoms with Gasteiger partial charge in [-0.05, 0) is 37.3 Å². The second kappa shape index (κ2) is 4.94. The third-order valence-corrected chi connectivity index (χ3v) is 3.70. The highest BCUT2D eigenvalue weighted by Gasteiger charge is 2.23. The van der Waals surface area contributed by atoms with Crippen LogP contribution in [-0.2, 0) is 0 Å². The molecule has 1 fully saturated rings. The van der Waals surface area contributed by atoms with E-state index in [0.717, 1.165) is 0 Å². The normalized spacial score (nSPS) is 14.4. The summed E-state index contributed by atoms with van der Waals surface area (Å²) in [6.07, 6.45) is 6.00. The molecule has 22 heavy (non-hydrogen) atoms. The summed E-state index contributed by atoms with van der Waals surface area (Å²) in [6.45, 7) is 2.26. The van der Waals surface area contributed by atoms with E-state index in [9.17, 15) is 4.79 Å². The molecule has 3 aromatic heterocycles. The predicted octanol–water partition coefficient (Wildman–Crippen LogP) is 1.78. The number of rotatable bonds is 4. The van der Waals surface area contributed by atoms with Gasteiger partial charge in [0, 0.05) is 12.4 Å². The van der Waals surface area contributed by atoms with Crippen molar-refractivity contribution in [1.29, 1.82) is 0 Å². The zero-order valence-corrected chi connectivity index (χ0v) is 12.1. The smallest absolute Gasteiger partial charge is 0.298 e. The summed E-state index contributed by atoms with van der Waals surface area (Å²) in [7, 11) is 0. The maximum atomic E-state index is 12.0. The van der Waals surface area contributed by atoms with Gasteiger partial charge in [-0.3, -0.25) is 9.78 Å². The van der Waals surface area contributed by atoms with E-state index in [1.54, 1.807) is 10.9 Å². The Kier molecular flexibility index (Phi) is 2.92. The Morgan fingerprint density at radius 1 is 1.41 bits per heavy atom. The molecule has 0 aromatic carbocycles. The first-order valence-corrected chi connectivity index (χ1v) is 7.33. The van der Waals surface area contributed by atoms with Crippen molar-refractivity contribution in [3.8, 4) is 11.8 Å². The molecule has 0 aliphatic heterocycles. The van der Waals surface area contributed by atoms with Crippen molar-refractivity contribution in [1.82, 2.24) is 24.7 Å². The Labute approximate surface area is 126 Å². The molecule has 1 saturated carbocycles. The lowest BCUT2D eigenvalue weighted by Crippen LogP contribution is -2.09. The van der Waals surface area contributed by atoms with Gasteiger partial charge in [0.15, 0.2) is 11.5 Å². The Hall–Kier alpha value is -2.70. The van der Waals surface area contributed by atoms with E-state index in [1.165, 1.54) is 18.4 Å². The van der Waals surface area contributed by atoms with E-state index in [2.05, 4.69) is 26.1 Å². The summed E-state index contributed by atoms with van der Waals surface area (Å²) in [5, 5.41) is 4.73. The van der Waals surface area contributed by atoms with Crippen molar-refractivity contribution in [2.24, 2.45) is 0 Å². The Morgan fingerprint density at radius 2 is 2.27 bits per heavy atom. The number of aromatic amines is 1. The van der Waals surface area contributed by atoms with Crippen LogP contribution < -0.4 is 10.3 Å². The van der Waals surface area contributed by atoms with Crippen molar-refractivity contribution >= 4 is 11.0 Å². The minimum atomic E-state index is -0.269. The Morgan fingerprint density at radius 3 is 2.95 bits per heavy atom. The van der Waals surface area contributed by atoms with Gasteiger partial charge < -0.3 is 4.74 Å². The number of aromatic nitrogens is 5. The molecular weight excluding hydrogens is 282 g/mol. The number of nitrogens with one attached hydrogen (secondary N) is 1. The van der Waals surface area contributed by atoms with Gasteiger partial charge in [-0.2, -0.15) is 4.98 Å². The quantitative estimate of drug-likeness (QED) is 0.793. The first kappa shape index (κ1) is 13.0. The van der Waals surface area contributed by atoms with E-state index in [0.29, 0.717) is 29.4 Å². The average molecular weight is 297 g/mol. The zero-order valence-electron chi connectivity index (χ0n) is 12.1. The SMILES string of the molecule is CCOc1nc2nn(-c3ccc(C4CC4)cn3)cc2c(=O)[nH]1. The molecule has 4 rings (SSSR count). The van der Waals surface area contributed by atoms with Gasteiger partial charge in [0.25, 0.3) is 11.6 Å². The lowest BCUT2D eigenvalue weighted by Gasteiger charge is -2.01. The van der Waals surface area contributed by atoms with Crippen LogP contribution in [0.25, 0.3) is 16.9 Å². The maximum absolute atomic E-state index is 12.0. The Bertz CT molecular complexity index is 877. The van der Waals surface area contributed by atoms with Gasteiger partial charge in [0.2, 0.25) is 0 Å². The minimum absolute atomic E-state index is 0.183. The highest BCUT2D eigenvalue weighted by Crippen LogP contribution is 2.39. The third-order valence-electron chi connectivity index (χ3n) is 3.70. The first-order valence-electron chi connectivity index (χ1n) is 7.33. The average Bonchev–Trinajstić information content (AvgIpc) is 3.27. The van der Waals surface area contributed by atoms with E-state index >= 15 is 0 Å². The molecule has 0 unspecified atom stereocenters. The second-order valence-electron chi connectivity index (χ2n) is 5.34. The number of nitrogens with zero attached hydrogens (tertiary/aromatic N) is 4. The standard InChI is InChI=1S/C15H15N5O2/c1-2-22-15-17-13-11(14(21)18-15)8-20(19-13)12-6-5-10(7-16-12)9-3-4-9/h5-9H,2-4H2,1H3,(H,17,18,19,21). The van der Waals surface area contributed by atoms with Crippen LogP contribution in [0, 0.1) is 0 Å². The molecule has 0 radical (unpaired) electrons. The molecule has 1 N–H and O–H groups in total. The second-order valence-corrected chi connectivity index (χ2v) is 5.34. The molecule has 1 aliphatic rings. The van der Waals surface area contributed by atoms with Gasteiger partial charge in [0.05, 0.1) is 6.61 Å². The first-order chi connectivity index (χ1) is 10.7. The largest absolute Gasteiger partial charge is 0.465 e. The van der Waals surface area contributed by atoms with Crippen LogP contribution in [0.2, 0.25) is 0 Å². The van der Waals surface area contributed by atoms with Gasteiger partial charge in [-0.15, -0.1) is 5.10 Å². The lowest BCUT2D eigenvalue weighted by atomic mass is 10.2. The molecule has 0 bridgehead atoms. The number of hydrogen-bond donors (Lipinski definition) is 1. The fraction of sp³-hybridized carbons (Fsp3) is 0.333. The molecule has 7 heteroatoms. The molecule has 0 amide bonds. The minimum Gasteiger partial charge on any atom is -0.465 e. The Balaban J connectivity index is 1.75. The lowest BCUT2D eigenvalue weighted by molar-refractivity contribution is 0.313. The van der Waals surface area contributed by atoms with Crippen LogP contribution in [0.5, 0.6) is 6.01 Å². The van der Waals surface area contributed by atoms with Gasteiger partial charge in [0.1, 0.15) is 5.39 Å². The number of ether oxygens (including phenoxy) is 1. The van der Waals surface area contributed by atoms with Crippen LogP contribution in [0.4, 0.5) is 0 Å². The molecule has 7 nitrogen and oxygen atoms in total. The number of fused-ring (bicyclic) bond motifs is 1. The van der Waals surface area contributed by atoms with Crippen molar-refractivity contribution < 1.29 is 4.74 Å². The summed E-state index contributed by atoms with van der Waals surface area (Å²) in [5.41, 5.74) is 1.34. The summed E-state index contributed by atoms with van der Waals surface area (Å²) < 4.78 is 6.80. The predicted molar refractivity (Wildman–Crippen MR) is 80.4 cm³/mol. The molecule has 1 aliphatic carbocycles. The van der Waals surface area contributed by atoms with E-state index in [1.807, 2.05) is 19.2 Å². The zero-order chi connectivity index (χ0) is 15.1. The maximum Gasteiger partial charge on any atom is 0.298 e. The van der Waals surface area contributed by atoms with Crippen molar-refractivity contribution in [3.63, 3.8) is 0 Å². The number of H-pyrrole nitrogens is 1. The topological polar surface area (TPSA) is 85.7 Å². The number of pyridine rings is 1. The number of hydrogen-bond acceptors (Lipinski definition) is 5. The van der Waals surface area contributed by atoms with Gasteiger partial charge >= 0.3 is 0 Å². The summed E-state index contributed by atoms with van der Waals surface area (Å²) in [5.74, 6) is 1.33. The molecule has 112 valence electrons. The molecular formula is C15H15N5O2. The van der Waals surface area contributed by atoms with E-state index in [-0.39, 0.29) is 11.6 Å². The van der Waals surface area contributed by atoms with Crippen LogP contribution in [-0.4, -0.2) is 31.3 Å². The summed E-state index contributed by atoms with van der Waals surface area (Å²) in [6, 6.07) is 4.16. The highest BCUT2D eigenvalue weighted by molar-refractivity contribution is 5.73. The van der Waals surface area contributed by atoms with Crippen LogP contribution in [0.1, 0.15) is 31.2 Å². The monoisotopic (exact) mass is 297 g/mol. The van der Waals surface area contributed by atoms with E-state index in [4.69, 9.17) is 4.74 Å². The van der Waals surface area contributed by atoms with Crippen LogP contribution in [0.3, 0.4) is 0 Å². The third kappa shape index (κ3) is 2.24. The molecule has 3 aromatic rings. The molecule has 3 heterocycles. The fourth-order valence-corrected chi connectivity index (χ4v) is 2.41. The van der Waals surface area contributed by atoms with Crippen LogP contribution in [0.15, 0.2) is 29.3 Å².